The highest BCUT2D eigenvalue weighted by Gasteiger charge is 2.42. The van der Waals surface area contributed by atoms with E-state index in [0.29, 0.717) is 43.2 Å². The van der Waals surface area contributed by atoms with Crippen LogP contribution in [-0.2, 0) is 60.3 Å². The number of rotatable bonds is 11. The maximum Gasteiger partial charge on any atom is 0.254 e. The van der Waals surface area contributed by atoms with Crippen molar-refractivity contribution in [2.45, 2.75) is 39.6 Å². The van der Waals surface area contributed by atoms with Crippen LogP contribution in [0.3, 0.4) is 0 Å². The summed E-state index contributed by atoms with van der Waals surface area (Å²) in [4.78, 5) is 74.5. The Labute approximate surface area is 723 Å². The summed E-state index contributed by atoms with van der Waals surface area (Å²) in [6.45, 7) is 3.58. The van der Waals surface area contributed by atoms with Gasteiger partial charge in [-0.3, -0.25) is 28.8 Å². The molecule has 0 spiro atoms. The van der Waals surface area contributed by atoms with E-state index in [2.05, 4.69) is 15.9 Å². The molecule has 6 unspecified atom stereocenters. The number of hydrogen-bond donors (Lipinski definition) is 1. The van der Waals surface area contributed by atoms with Crippen LogP contribution in [0.25, 0.3) is 0 Å². The maximum absolute atomic E-state index is 13.6. The molecule has 5 fully saturated rings. The molecule has 0 aliphatic carbocycles. The second-order valence-corrected chi connectivity index (χ2v) is 46.5. The zero-order chi connectivity index (χ0) is 83.8. The van der Waals surface area contributed by atoms with E-state index in [0.717, 1.165) is 37.2 Å². The molecule has 6 atom stereocenters. The lowest BCUT2D eigenvalue weighted by Gasteiger charge is -2.34. The normalized spacial score (nSPS) is 21.2. The number of aryl methyl sites for hydroxylation is 1. The number of carbonyl (C=O) groups excluding carboxylic acids is 5. The number of hydrogen-bond acceptors (Lipinski definition) is 20. The predicted molar refractivity (Wildman–Crippen MR) is 460 cm³/mol. The van der Waals surface area contributed by atoms with Gasteiger partial charge in [0.15, 0.2) is 39.3 Å². The van der Waals surface area contributed by atoms with Gasteiger partial charge in [-0.1, -0.05) is 94.4 Å². The molecule has 5 saturated heterocycles. The Morgan fingerprint density at radius 2 is 0.716 bits per heavy atom. The lowest BCUT2D eigenvalue weighted by atomic mass is 10.1. The van der Waals surface area contributed by atoms with Gasteiger partial charge in [0, 0.05) is 123 Å². The van der Waals surface area contributed by atoms with Crippen molar-refractivity contribution in [3.63, 3.8) is 0 Å². The number of amides is 5. The Hall–Kier alpha value is -6.58. The summed E-state index contributed by atoms with van der Waals surface area (Å²) < 4.78 is 160. The van der Waals surface area contributed by atoms with Gasteiger partial charge < -0.3 is 24.5 Å². The summed E-state index contributed by atoms with van der Waals surface area (Å²) in [5.41, 5.74) is 2.79. The fourth-order valence-corrected chi connectivity index (χ4v) is 28.5. The van der Waals surface area contributed by atoms with Gasteiger partial charge in [0.05, 0.1) is 69.0 Å². The second-order valence-electron chi connectivity index (χ2n) is 27.0. The Balaban J connectivity index is 0.000000143. The molecule has 20 nitrogen and oxygen atoms in total. The van der Waals surface area contributed by atoms with Gasteiger partial charge in [-0.2, -0.15) is 0 Å². The number of nitrogens with zero attached hydrogens (tertiary/aromatic N) is 5. The average molecular weight is 1940 g/mol. The molecule has 10 aromatic rings. The third-order valence-electron chi connectivity index (χ3n) is 19.4. The summed E-state index contributed by atoms with van der Waals surface area (Å²) in [6, 6.07) is 40.1. The molecule has 10 heterocycles. The lowest BCUT2D eigenvalue weighted by molar-refractivity contribution is -0.130. The molecule has 5 aliphatic rings. The van der Waals surface area contributed by atoms with E-state index in [-0.39, 0.29) is 143 Å². The van der Waals surface area contributed by atoms with Crippen LogP contribution < -0.4 is 0 Å². The van der Waals surface area contributed by atoms with Crippen molar-refractivity contribution >= 4 is 209 Å². The second kappa shape index (κ2) is 38.9. The molecule has 0 saturated carbocycles. The Morgan fingerprint density at radius 1 is 0.379 bits per heavy atom. The summed E-state index contributed by atoms with van der Waals surface area (Å²) >= 11 is 39.2. The molecule has 616 valence electrons. The van der Waals surface area contributed by atoms with Gasteiger partial charge in [0.25, 0.3) is 23.6 Å². The topological polar surface area (TPSA) is 279 Å². The molecule has 0 bridgehead atoms. The highest BCUT2D eigenvalue weighted by atomic mass is 79.9. The largest absolute Gasteiger partial charge is 0.340 e. The lowest BCUT2D eigenvalue weighted by Crippen LogP contribution is -2.45. The SMILES string of the molecule is Cc1cc(C(=O)N2CCS(=O)(=O)C(c3cccs3)C2)ccc1Cl.N=S1(=O)CCN(C(=O)Cc2ccc(F)c(Cl)c2)CC1c1cccs1.O=C(c1ccc(Br)c(F)c1)N1CCS(=O)(=O)C(c2cccs2)C1.O=C(c1ccc(Cl)c(Cl)c1)N1CCS(=O)(=O)C(c2cccs2)C1.O=C(c1ccc(Cl)c(F)c1)N1CCS(=O)(=O)C(c2cccs2)C1. The van der Waals surface area contributed by atoms with E-state index in [4.69, 9.17) is 62.8 Å². The smallest absolute Gasteiger partial charge is 0.254 e. The standard InChI is InChI=1S/C16H16ClFN2O2S2.C16H16ClNO3S2.C15H13BrFNO3S2.C15H13Cl2NO3S2.C15H13ClFNO3S2/c17-12-8-11(3-4-13(12)18)9-16(21)20-5-7-24(19,22)15(10-20)14-2-1-6-23-14;1-11-9-12(4-5-13(11)17)16(19)18-6-8-23(20,21)15(10-18)14-3-2-7-22-14;3*16-11-4-3-10(8-12(11)17)15(19)18-5-7-23(20,21)14(9-18)13-2-1-6-22-13/h1-4,6,8,15,19H,5,7,9-10H2;2-5,7,9,15H,6,8,10H2,1H3;3*1-4,6,8,14H,5,7,9H2. The van der Waals surface area contributed by atoms with Crippen LogP contribution in [0.15, 0.2) is 183 Å². The van der Waals surface area contributed by atoms with Crippen LogP contribution in [-0.4, -0.2) is 186 Å². The molecule has 0 radical (unpaired) electrons. The monoisotopic (exact) mass is 1930 g/mol. The molecule has 5 amide bonds. The highest BCUT2D eigenvalue weighted by Crippen LogP contribution is 2.38. The van der Waals surface area contributed by atoms with Gasteiger partial charge in [0.1, 0.15) is 38.5 Å². The quantitative estimate of drug-likeness (QED) is 0.126. The van der Waals surface area contributed by atoms with Crippen molar-refractivity contribution in [2.75, 3.05) is 94.2 Å². The average Bonchev–Trinajstić information content (AvgIpc) is 1.63. The van der Waals surface area contributed by atoms with Crippen molar-refractivity contribution in [3.05, 3.63) is 283 Å². The number of nitrogens with one attached hydrogen (secondary N) is 1. The van der Waals surface area contributed by atoms with E-state index in [1.807, 2.05) is 58.8 Å². The zero-order valence-corrected chi connectivity index (χ0v) is 74.5. The Morgan fingerprint density at radius 3 is 1.07 bits per heavy atom. The van der Waals surface area contributed by atoms with Crippen LogP contribution in [0.1, 0.15) is 103 Å². The van der Waals surface area contributed by atoms with Crippen LogP contribution in [0.2, 0.25) is 25.1 Å². The summed E-state index contributed by atoms with van der Waals surface area (Å²) in [6.07, 6.45) is 0.107. The van der Waals surface area contributed by atoms with E-state index in [1.165, 1.54) is 115 Å². The molecule has 5 aromatic carbocycles. The summed E-state index contributed by atoms with van der Waals surface area (Å²) in [7, 11) is -15.8. The van der Waals surface area contributed by atoms with Gasteiger partial charge in [-0.25, -0.2) is 51.1 Å². The zero-order valence-electron chi connectivity index (χ0n) is 61.0. The summed E-state index contributed by atoms with van der Waals surface area (Å²) in [5, 5.41) is 7.24. The fraction of sp³-hybridized carbons (Fsp3) is 0.286. The molecule has 39 heteroatoms. The Bertz CT molecular complexity index is 5280. The first-order chi connectivity index (χ1) is 54.9. The van der Waals surface area contributed by atoms with Crippen molar-refractivity contribution in [1.29, 1.82) is 4.78 Å². The minimum absolute atomic E-state index is 0.00607. The number of sulfone groups is 4. The van der Waals surface area contributed by atoms with Crippen molar-refractivity contribution in [2.24, 2.45) is 0 Å². The predicted octanol–water partition coefficient (Wildman–Crippen LogP) is 17.1. The van der Waals surface area contributed by atoms with Crippen molar-refractivity contribution < 1.29 is 75.0 Å². The van der Waals surface area contributed by atoms with E-state index in [9.17, 15) is 75.0 Å². The Kier molecular flexibility index (Phi) is 30.2. The number of carbonyl (C=O) groups is 5. The van der Waals surface area contributed by atoms with Crippen LogP contribution in [0, 0.1) is 29.2 Å². The first-order valence-corrected chi connectivity index (χ1v) is 50.9. The maximum atomic E-state index is 13.6. The fourth-order valence-electron chi connectivity index (χ4n) is 13.0. The molecular weight excluding hydrogens is 1870 g/mol. The third kappa shape index (κ3) is 22.3. The van der Waals surface area contributed by atoms with Gasteiger partial charge in [0.2, 0.25) is 5.91 Å². The van der Waals surface area contributed by atoms with Crippen LogP contribution in [0.4, 0.5) is 13.2 Å². The molecule has 5 aromatic heterocycles. The van der Waals surface area contributed by atoms with Gasteiger partial charge >= 0.3 is 0 Å². The molecular formula is C77H71BrCl5F3N6O14S10. The van der Waals surface area contributed by atoms with E-state index in [1.54, 1.807) is 80.7 Å². The van der Waals surface area contributed by atoms with E-state index >= 15 is 0 Å². The highest BCUT2D eigenvalue weighted by molar-refractivity contribution is 9.10. The number of halogens is 9. The number of thiophene rings is 5. The molecule has 15 rings (SSSR count). The third-order valence-corrected chi connectivity index (χ3v) is 37.7. The van der Waals surface area contributed by atoms with Crippen molar-refractivity contribution in [1.82, 2.24) is 24.5 Å². The first-order valence-electron chi connectivity index (χ1n) is 35.2. The minimum Gasteiger partial charge on any atom is -0.340 e. The molecule has 5 aliphatic heterocycles. The van der Waals surface area contributed by atoms with Crippen LogP contribution in [0.5, 0.6) is 0 Å². The van der Waals surface area contributed by atoms with Gasteiger partial charge in [-0.05, 0) is 176 Å². The summed E-state index contributed by atoms with van der Waals surface area (Å²) in [5.74, 6) is -3.02. The van der Waals surface area contributed by atoms with Gasteiger partial charge in [-0.15, -0.1) is 56.7 Å². The molecule has 116 heavy (non-hydrogen) atoms. The minimum atomic E-state index is -3.29. The molecule has 1 N–H and O–H groups in total. The van der Waals surface area contributed by atoms with Crippen LogP contribution >= 0.6 is 131 Å². The first kappa shape index (κ1) is 90.2. The van der Waals surface area contributed by atoms with Crippen molar-refractivity contribution in [3.8, 4) is 0 Å². The number of benzene rings is 5. The van der Waals surface area contributed by atoms with E-state index < -0.39 is 98.7 Å².